The molecule has 18 heavy (non-hydrogen) atoms. The van der Waals surface area contributed by atoms with Gasteiger partial charge in [0.1, 0.15) is 0 Å². The Balaban J connectivity index is 2.40. The predicted molar refractivity (Wildman–Crippen MR) is 68.3 cm³/mol. The number of nitrogens with one attached hydrogen (secondary N) is 1. The number of nitrogens with zero attached hydrogens (tertiary/aromatic N) is 2. The first-order valence-corrected chi connectivity index (χ1v) is 5.58. The molecule has 2 N–H and O–H groups in total. The smallest absolute Gasteiger partial charge is 0.333 e. The molecule has 5 nitrogen and oxygen atoms in total. The Morgan fingerprint density at radius 2 is 2.06 bits per heavy atom. The number of hydrogen-bond donors (Lipinski definition) is 2. The second-order valence-electron chi connectivity index (χ2n) is 4.28. The van der Waals surface area contributed by atoms with Crippen molar-refractivity contribution >= 4 is 11.9 Å². The van der Waals surface area contributed by atoms with Crippen molar-refractivity contribution in [3.8, 4) is 0 Å². The molecule has 2 rings (SSSR count). The summed E-state index contributed by atoms with van der Waals surface area (Å²) in [5.41, 5.74) is -0.527. The van der Waals surface area contributed by atoms with Gasteiger partial charge in [-0.25, -0.2) is 9.78 Å². The summed E-state index contributed by atoms with van der Waals surface area (Å²) in [5, 5.41) is 12.4. The number of anilines is 1. The molecule has 0 amide bonds. The van der Waals surface area contributed by atoms with Gasteiger partial charge in [0.2, 0.25) is 5.95 Å². The van der Waals surface area contributed by atoms with Gasteiger partial charge in [0.05, 0.1) is 0 Å². The normalized spacial score (nSPS) is 13.9. The quantitative estimate of drug-likeness (QED) is 0.862. The van der Waals surface area contributed by atoms with Crippen molar-refractivity contribution in [3.05, 3.63) is 48.3 Å². The number of aryl methyl sites for hydroxylation is 1. The Hall–Kier alpha value is -2.30. The summed E-state index contributed by atoms with van der Waals surface area (Å²) in [7, 11) is 1.81. The lowest BCUT2D eigenvalue weighted by Crippen LogP contribution is -2.41. The van der Waals surface area contributed by atoms with Crippen LogP contribution in [0.4, 0.5) is 5.95 Å². The number of carbonyl (C=O) groups is 1. The Labute approximate surface area is 105 Å². The largest absolute Gasteiger partial charge is 0.479 e. The molecule has 0 fully saturated rings. The van der Waals surface area contributed by atoms with Crippen LogP contribution in [0, 0.1) is 0 Å². The van der Waals surface area contributed by atoms with Crippen LogP contribution in [0.5, 0.6) is 0 Å². The Morgan fingerprint density at radius 3 is 2.56 bits per heavy atom. The van der Waals surface area contributed by atoms with E-state index in [9.17, 15) is 9.90 Å². The minimum Gasteiger partial charge on any atom is -0.479 e. The molecule has 94 valence electrons. The number of rotatable bonds is 4. The number of imidazole rings is 1. The summed E-state index contributed by atoms with van der Waals surface area (Å²) in [6, 6.07) is 9.05. The van der Waals surface area contributed by atoms with Gasteiger partial charge in [0, 0.05) is 19.4 Å². The van der Waals surface area contributed by atoms with Crippen LogP contribution in [0.1, 0.15) is 12.5 Å². The second-order valence-corrected chi connectivity index (χ2v) is 4.28. The van der Waals surface area contributed by atoms with E-state index >= 15 is 0 Å². The summed E-state index contributed by atoms with van der Waals surface area (Å²) >= 11 is 0. The minimum absolute atomic E-state index is 0.517. The minimum atomic E-state index is -1.21. The highest BCUT2D eigenvalue weighted by Gasteiger charge is 2.36. The molecule has 0 radical (unpaired) electrons. The maximum atomic E-state index is 11.6. The molecule has 5 heteroatoms. The SMILES string of the molecule is Cn1ccnc1NC(C)(C(=O)O)c1ccccc1. The highest BCUT2D eigenvalue weighted by atomic mass is 16.4. The van der Waals surface area contributed by atoms with E-state index < -0.39 is 11.5 Å². The Bertz CT molecular complexity index is 550. The van der Waals surface area contributed by atoms with Gasteiger partial charge in [-0.3, -0.25) is 0 Å². The molecule has 0 spiro atoms. The van der Waals surface area contributed by atoms with Crippen molar-refractivity contribution < 1.29 is 9.90 Å². The van der Waals surface area contributed by atoms with Gasteiger partial charge >= 0.3 is 5.97 Å². The average Bonchev–Trinajstić information content (AvgIpc) is 2.75. The van der Waals surface area contributed by atoms with Crippen molar-refractivity contribution in [2.75, 3.05) is 5.32 Å². The molecule has 2 aromatic rings. The first-order valence-electron chi connectivity index (χ1n) is 5.58. The fourth-order valence-electron chi connectivity index (χ4n) is 1.73. The van der Waals surface area contributed by atoms with Crippen LogP contribution in [0.15, 0.2) is 42.7 Å². The van der Waals surface area contributed by atoms with Gasteiger partial charge in [0.25, 0.3) is 0 Å². The van der Waals surface area contributed by atoms with Gasteiger partial charge in [-0.1, -0.05) is 30.3 Å². The van der Waals surface area contributed by atoms with Crippen LogP contribution < -0.4 is 5.32 Å². The predicted octanol–water partition coefficient (Wildman–Crippen LogP) is 1.83. The fraction of sp³-hybridized carbons (Fsp3) is 0.231. The number of aliphatic carboxylic acids is 1. The van der Waals surface area contributed by atoms with Crippen LogP contribution in [0.3, 0.4) is 0 Å². The van der Waals surface area contributed by atoms with Crippen molar-refractivity contribution in [1.82, 2.24) is 9.55 Å². The molecular weight excluding hydrogens is 230 g/mol. The molecule has 1 aromatic heterocycles. The molecule has 1 atom stereocenters. The monoisotopic (exact) mass is 245 g/mol. The second kappa shape index (κ2) is 4.52. The van der Waals surface area contributed by atoms with E-state index in [0.717, 1.165) is 0 Å². The van der Waals surface area contributed by atoms with Gasteiger partial charge in [-0.15, -0.1) is 0 Å². The summed E-state index contributed by atoms with van der Waals surface area (Å²) < 4.78 is 1.74. The zero-order chi connectivity index (χ0) is 13.2. The number of carboxylic acid groups (broad SMARTS) is 1. The Kier molecular flexibility index (Phi) is 3.06. The third kappa shape index (κ3) is 2.07. The standard InChI is InChI=1S/C13H15N3O2/c1-13(11(17)18,10-6-4-3-5-7-10)15-12-14-8-9-16(12)2/h3-9H,1-2H3,(H,14,15)(H,17,18). The van der Waals surface area contributed by atoms with E-state index in [4.69, 9.17) is 0 Å². The third-order valence-electron chi connectivity index (χ3n) is 2.96. The van der Waals surface area contributed by atoms with Gasteiger partial charge < -0.3 is 15.0 Å². The summed E-state index contributed by atoms with van der Waals surface area (Å²) in [5.74, 6) is -0.430. The van der Waals surface area contributed by atoms with Crippen molar-refractivity contribution in [1.29, 1.82) is 0 Å². The van der Waals surface area contributed by atoms with Gasteiger partial charge in [-0.05, 0) is 12.5 Å². The molecular formula is C13H15N3O2. The summed E-state index contributed by atoms with van der Waals surface area (Å²) in [6.07, 6.45) is 3.38. The number of benzene rings is 1. The van der Waals surface area contributed by atoms with Crippen molar-refractivity contribution in [3.63, 3.8) is 0 Å². The molecule has 1 unspecified atom stereocenters. The van der Waals surface area contributed by atoms with Crippen LogP contribution in [0.2, 0.25) is 0 Å². The van der Waals surface area contributed by atoms with E-state index in [1.165, 1.54) is 0 Å². The lowest BCUT2D eigenvalue weighted by atomic mass is 9.92. The molecule has 1 aromatic carbocycles. The van der Waals surface area contributed by atoms with Gasteiger partial charge in [0.15, 0.2) is 5.54 Å². The molecule has 0 aliphatic carbocycles. The third-order valence-corrected chi connectivity index (χ3v) is 2.96. The summed E-state index contributed by atoms with van der Waals surface area (Å²) in [4.78, 5) is 15.7. The van der Waals surface area contributed by atoms with E-state index in [2.05, 4.69) is 10.3 Å². The number of hydrogen-bond acceptors (Lipinski definition) is 3. The highest BCUT2D eigenvalue weighted by molar-refractivity contribution is 5.83. The zero-order valence-corrected chi connectivity index (χ0v) is 10.3. The maximum Gasteiger partial charge on any atom is 0.333 e. The topological polar surface area (TPSA) is 67.2 Å². The van der Waals surface area contributed by atoms with E-state index in [0.29, 0.717) is 11.5 Å². The molecule has 0 saturated carbocycles. The fourth-order valence-corrected chi connectivity index (χ4v) is 1.73. The molecule has 0 aliphatic heterocycles. The molecule has 0 aliphatic rings. The van der Waals surface area contributed by atoms with Crippen molar-refractivity contribution in [2.45, 2.75) is 12.5 Å². The van der Waals surface area contributed by atoms with Crippen LogP contribution in [-0.2, 0) is 17.4 Å². The van der Waals surface area contributed by atoms with Gasteiger partial charge in [-0.2, -0.15) is 0 Å². The lowest BCUT2D eigenvalue weighted by Gasteiger charge is -2.27. The number of aromatic nitrogens is 2. The lowest BCUT2D eigenvalue weighted by molar-refractivity contribution is -0.142. The van der Waals surface area contributed by atoms with E-state index in [1.807, 2.05) is 25.2 Å². The molecule has 0 saturated heterocycles. The van der Waals surface area contributed by atoms with E-state index in [1.54, 1.807) is 36.0 Å². The van der Waals surface area contributed by atoms with E-state index in [-0.39, 0.29) is 0 Å². The average molecular weight is 245 g/mol. The Morgan fingerprint density at radius 1 is 1.39 bits per heavy atom. The number of carboxylic acids is 1. The first kappa shape index (κ1) is 12.2. The zero-order valence-electron chi connectivity index (χ0n) is 10.3. The van der Waals surface area contributed by atoms with Crippen LogP contribution in [0.25, 0.3) is 0 Å². The maximum absolute atomic E-state index is 11.6. The van der Waals surface area contributed by atoms with Crippen molar-refractivity contribution in [2.24, 2.45) is 7.05 Å². The molecule has 1 heterocycles. The van der Waals surface area contributed by atoms with Crippen LogP contribution >= 0.6 is 0 Å². The molecule has 0 bridgehead atoms. The first-order chi connectivity index (χ1) is 8.54. The van der Waals surface area contributed by atoms with Crippen LogP contribution in [-0.4, -0.2) is 20.6 Å². The highest BCUT2D eigenvalue weighted by Crippen LogP contribution is 2.25. The summed E-state index contributed by atoms with van der Waals surface area (Å²) in [6.45, 7) is 1.62.